The minimum atomic E-state index is 0.140. The first-order valence-corrected chi connectivity index (χ1v) is 7.63. The van der Waals surface area contributed by atoms with E-state index in [0.29, 0.717) is 10.6 Å². The van der Waals surface area contributed by atoms with Crippen LogP contribution in [-0.2, 0) is 5.41 Å². The first kappa shape index (κ1) is 15.1. The first-order chi connectivity index (χ1) is 9.41. The normalized spacial score (nSPS) is 11.4. The molecule has 2 aromatic rings. The summed E-state index contributed by atoms with van der Waals surface area (Å²) >= 11 is 7.70. The van der Waals surface area contributed by atoms with Gasteiger partial charge in [-0.25, -0.2) is 0 Å². The van der Waals surface area contributed by atoms with Crippen molar-refractivity contribution in [1.82, 2.24) is 0 Å². The number of benzene rings is 2. The molecule has 2 rings (SSSR count). The van der Waals surface area contributed by atoms with Crippen molar-refractivity contribution in [2.24, 2.45) is 0 Å². The van der Waals surface area contributed by atoms with Crippen LogP contribution in [0.1, 0.15) is 36.7 Å². The van der Waals surface area contributed by atoms with E-state index in [-0.39, 0.29) is 5.41 Å². The Bertz CT molecular complexity index is 612. The van der Waals surface area contributed by atoms with Crippen LogP contribution in [-0.4, -0.2) is 6.29 Å². The molecule has 20 heavy (non-hydrogen) atoms. The first-order valence-electron chi connectivity index (χ1n) is 6.44. The van der Waals surface area contributed by atoms with Gasteiger partial charge in [0.1, 0.15) is 0 Å². The Balaban J connectivity index is 2.29. The molecular weight excluding hydrogens is 288 g/mol. The lowest BCUT2D eigenvalue weighted by molar-refractivity contribution is 0.112. The van der Waals surface area contributed by atoms with Crippen LogP contribution in [0.25, 0.3) is 0 Å². The summed E-state index contributed by atoms with van der Waals surface area (Å²) in [5.41, 5.74) is 2.06. The zero-order chi connectivity index (χ0) is 14.8. The van der Waals surface area contributed by atoms with Crippen molar-refractivity contribution in [3.8, 4) is 0 Å². The van der Waals surface area contributed by atoms with Gasteiger partial charge in [0.25, 0.3) is 0 Å². The molecule has 3 heteroatoms. The molecule has 0 N–H and O–H groups in total. The van der Waals surface area contributed by atoms with Crippen LogP contribution in [0.4, 0.5) is 0 Å². The molecule has 0 aliphatic heterocycles. The predicted octanol–water partition coefficient (Wildman–Crippen LogP) is 5.60. The molecule has 0 aromatic heterocycles. The minimum absolute atomic E-state index is 0.140. The van der Waals surface area contributed by atoms with E-state index in [0.717, 1.165) is 16.1 Å². The smallest absolute Gasteiger partial charge is 0.151 e. The fourth-order valence-corrected chi connectivity index (χ4v) is 3.07. The Morgan fingerprint density at radius 2 is 1.70 bits per heavy atom. The molecule has 0 spiro atoms. The zero-order valence-electron chi connectivity index (χ0n) is 11.8. The molecule has 0 atom stereocenters. The largest absolute Gasteiger partial charge is 0.298 e. The van der Waals surface area contributed by atoms with Crippen LogP contribution in [0.2, 0.25) is 5.02 Å². The second-order valence-electron chi connectivity index (χ2n) is 5.65. The van der Waals surface area contributed by atoms with Crippen LogP contribution in [0.15, 0.2) is 52.3 Å². The summed E-state index contributed by atoms with van der Waals surface area (Å²) in [6, 6.07) is 13.8. The number of aldehydes is 1. The number of halogens is 1. The Morgan fingerprint density at radius 3 is 2.25 bits per heavy atom. The van der Waals surface area contributed by atoms with Crippen LogP contribution in [0.3, 0.4) is 0 Å². The van der Waals surface area contributed by atoms with Gasteiger partial charge in [-0.15, -0.1) is 0 Å². The van der Waals surface area contributed by atoms with Crippen molar-refractivity contribution in [2.75, 3.05) is 0 Å². The summed E-state index contributed by atoms with van der Waals surface area (Å²) in [4.78, 5) is 13.0. The van der Waals surface area contributed by atoms with Gasteiger partial charge in [0.15, 0.2) is 6.29 Å². The molecule has 0 amide bonds. The van der Waals surface area contributed by atoms with Gasteiger partial charge in [-0.3, -0.25) is 4.79 Å². The average Bonchev–Trinajstić information content (AvgIpc) is 2.40. The molecule has 0 unspecified atom stereocenters. The lowest BCUT2D eigenvalue weighted by Crippen LogP contribution is -2.10. The fraction of sp³-hybridized carbons (Fsp3) is 0.235. The molecule has 2 aromatic carbocycles. The average molecular weight is 305 g/mol. The van der Waals surface area contributed by atoms with Gasteiger partial charge in [0, 0.05) is 15.4 Å². The van der Waals surface area contributed by atoms with Gasteiger partial charge in [-0.2, -0.15) is 0 Å². The van der Waals surface area contributed by atoms with E-state index < -0.39 is 0 Å². The molecule has 0 bridgehead atoms. The molecular formula is C17H17ClOS. The van der Waals surface area contributed by atoms with Crippen molar-refractivity contribution >= 4 is 29.6 Å². The summed E-state index contributed by atoms with van der Waals surface area (Å²) in [7, 11) is 0. The minimum Gasteiger partial charge on any atom is -0.298 e. The fourth-order valence-electron chi connectivity index (χ4n) is 1.87. The Hall–Kier alpha value is -1.25. The summed E-state index contributed by atoms with van der Waals surface area (Å²) in [5, 5.41) is 0.611. The SMILES string of the molecule is CC(C)(C)c1ccc(Sc2c(Cl)cccc2C=O)cc1. The number of carbonyl (C=O) groups excluding carboxylic acids is 1. The van der Waals surface area contributed by atoms with Crippen LogP contribution >= 0.6 is 23.4 Å². The van der Waals surface area contributed by atoms with E-state index in [4.69, 9.17) is 11.6 Å². The molecule has 0 saturated heterocycles. The van der Waals surface area contributed by atoms with Crippen LogP contribution in [0.5, 0.6) is 0 Å². The molecule has 0 fully saturated rings. The maximum Gasteiger partial charge on any atom is 0.151 e. The summed E-state index contributed by atoms with van der Waals surface area (Å²) in [5.74, 6) is 0. The Labute approximate surface area is 129 Å². The quantitative estimate of drug-likeness (QED) is 0.686. The second kappa shape index (κ2) is 6.02. The lowest BCUT2D eigenvalue weighted by atomic mass is 9.87. The van der Waals surface area contributed by atoms with Gasteiger partial charge in [-0.1, -0.05) is 68.4 Å². The highest BCUT2D eigenvalue weighted by Gasteiger charge is 2.14. The zero-order valence-corrected chi connectivity index (χ0v) is 13.4. The second-order valence-corrected chi connectivity index (χ2v) is 7.14. The topological polar surface area (TPSA) is 17.1 Å². The third-order valence-corrected chi connectivity index (χ3v) is 4.66. The van der Waals surface area contributed by atoms with Crippen molar-refractivity contribution in [1.29, 1.82) is 0 Å². The molecule has 1 nitrogen and oxygen atoms in total. The summed E-state index contributed by atoms with van der Waals surface area (Å²) < 4.78 is 0. The Kier molecular flexibility index (Phi) is 4.56. The highest BCUT2D eigenvalue weighted by molar-refractivity contribution is 7.99. The van der Waals surface area contributed by atoms with E-state index in [1.807, 2.05) is 0 Å². The third kappa shape index (κ3) is 3.44. The molecule has 0 heterocycles. The number of carbonyl (C=O) groups is 1. The van der Waals surface area contributed by atoms with Crippen LogP contribution < -0.4 is 0 Å². The molecule has 0 radical (unpaired) electrons. The summed E-state index contributed by atoms with van der Waals surface area (Å²) in [6.07, 6.45) is 0.845. The maximum atomic E-state index is 11.1. The van der Waals surface area contributed by atoms with Crippen molar-refractivity contribution in [3.05, 3.63) is 58.6 Å². The maximum absolute atomic E-state index is 11.1. The predicted molar refractivity (Wildman–Crippen MR) is 86.1 cm³/mol. The van der Waals surface area contributed by atoms with E-state index in [9.17, 15) is 4.79 Å². The van der Waals surface area contributed by atoms with Gasteiger partial charge >= 0.3 is 0 Å². The van der Waals surface area contributed by atoms with Crippen molar-refractivity contribution < 1.29 is 4.79 Å². The number of rotatable bonds is 3. The highest BCUT2D eigenvalue weighted by Crippen LogP contribution is 2.36. The van der Waals surface area contributed by atoms with Crippen molar-refractivity contribution in [3.63, 3.8) is 0 Å². The number of hydrogen-bond donors (Lipinski definition) is 0. The lowest BCUT2D eigenvalue weighted by Gasteiger charge is -2.19. The monoisotopic (exact) mass is 304 g/mol. The van der Waals surface area contributed by atoms with Gasteiger partial charge in [-0.05, 0) is 29.2 Å². The van der Waals surface area contributed by atoms with E-state index in [2.05, 4.69) is 45.0 Å². The summed E-state index contributed by atoms with van der Waals surface area (Å²) in [6.45, 7) is 6.56. The molecule has 104 valence electrons. The van der Waals surface area contributed by atoms with E-state index >= 15 is 0 Å². The van der Waals surface area contributed by atoms with Crippen molar-refractivity contribution in [2.45, 2.75) is 36.0 Å². The highest BCUT2D eigenvalue weighted by atomic mass is 35.5. The standard InChI is InChI=1S/C17H17ClOS/c1-17(2,3)13-7-9-14(10-8-13)20-16-12(11-19)5-4-6-15(16)18/h4-11H,1-3H3. The Morgan fingerprint density at radius 1 is 1.05 bits per heavy atom. The van der Waals surface area contributed by atoms with Crippen LogP contribution in [0, 0.1) is 0 Å². The molecule has 0 aliphatic carbocycles. The van der Waals surface area contributed by atoms with Gasteiger partial charge in [0.2, 0.25) is 0 Å². The van der Waals surface area contributed by atoms with Gasteiger partial charge < -0.3 is 0 Å². The van der Waals surface area contributed by atoms with E-state index in [1.165, 1.54) is 17.3 Å². The van der Waals surface area contributed by atoms with E-state index in [1.54, 1.807) is 18.2 Å². The molecule has 0 aliphatic rings. The third-order valence-electron chi connectivity index (χ3n) is 3.06. The molecule has 0 saturated carbocycles. The number of hydrogen-bond acceptors (Lipinski definition) is 2. The van der Waals surface area contributed by atoms with Gasteiger partial charge in [0.05, 0.1) is 5.02 Å².